The molecule has 0 radical (unpaired) electrons. The Morgan fingerprint density at radius 2 is 2.29 bits per heavy atom. The van der Waals surface area contributed by atoms with Crippen molar-refractivity contribution in [2.45, 2.75) is 32.1 Å². The van der Waals surface area contributed by atoms with Gasteiger partial charge in [0.2, 0.25) is 0 Å². The quantitative estimate of drug-likeness (QED) is 0.413. The normalized spacial score (nSPS) is 18.6. The Morgan fingerprint density at radius 3 is 2.86 bits per heavy atom. The molecular formula is C10H14O4. The molecule has 14 heavy (non-hydrogen) atoms. The number of hydrogen-bond donors (Lipinski definition) is 1. The Labute approximate surface area is 82.6 Å². The van der Waals surface area contributed by atoms with Gasteiger partial charge in [-0.2, -0.15) is 0 Å². The van der Waals surface area contributed by atoms with Crippen LogP contribution >= 0.6 is 0 Å². The molecule has 78 valence electrons. The van der Waals surface area contributed by atoms with Crippen LogP contribution < -0.4 is 0 Å². The maximum atomic E-state index is 11.0. The highest BCUT2D eigenvalue weighted by molar-refractivity contribution is 5.90. The van der Waals surface area contributed by atoms with E-state index in [0.717, 1.165) is 18.4 Å². The van der Waals surface area contributed by atoms with E-state index in [0.29, 0.717) is 19.4 Å². The minimum Gasteiger partial charge on any atom is -0.481 e. The molecule has 1 aliphatic rings. The van der Waals surface area contributed by atoms with Crippen molar-refractivity contribution < 1.29 is 19.4 Å². The standard InChI is InChI=1S/C10H14O4/c11-9(12)5-3-1-2-4-8-6-7-14-10(8)13/h4H,1-3,5-7H2,(H,11,12)/b8-4+. The van der Waals surface area contributed by atoms with Gasteiger partial charge in [0.25, 0.3) is 0 Å². The summed E-state index contributed by atoms with van der Waals surface area (Å²) >= 11 is 0. The molecular weight excluding hydrogens is 184 g/mol. The van der Waals surface area contributed by atoms with Crippen LogP contribution in [0.3, 0.4) is 0 Å². The van der Waals surface area contributed by atoms with Gasteiger partial charge in [0.15, 0.2) is 0 Å². The number of carboxylic acids is 1. The monoisotopic (exact) mass is 198 g/mol. The first kappa shape index (κ1) is 10.8. The molecule has 0 amide bonds. The number of carbonyl (C=O) groups is 2. The lowest BCUT2D eigenvalue weighted by Crippen LogP contribution is -1.95. The zero-order chi connectivity index (χ0) is 10.4. The molecule has 1 N–H and O–H groups in total. The Morgan fingerprint density at radius 1 is 1.50 bits per heavy atom. The zero-order valence-corrected chi connectivity index (χ0v) is 7.99. The molecule has 4 nitrogen and oxygen atoms in total. The molecule has 0 atom stereocenters. The van der Waals surface area contributed by atoms with Gasteiger partial charge in [0.05, 0.1) is 6.61 Å². The van der Waals surface area contributed by atoms with E-state index >= 15 is 0 Å². The minimum atomic E-state index is -0.766. The molecule has 1 heterocycles. The smallest absolute Gasteiger partial charge is 0.333 e. The van der Waals surface area contributed by atoms with Crippen molar-refractivity contribution in [3.05, 3.63) is 11.6 Å². The molecule has 0 bridgehead atoms. The summed E-state index contributed by atoms with van der Waals surface area (Å²) in [4.78, 5) is 21.1. The zero-order valence-electron chi connectivity index (χ0n) is 7.99. The van der Waals surface area contributed by atoms with E-state index in [2.05, 4.69) is 0 Å². The van der Waals surface area contributed by atoms with Crippen LogP contribution in [0.2, 0.25) is 0 Å². The van der Waals surface area contributed by atoms with E-state index in [1.165, 1.54) is 0 Å². The number of esters is 1. The first-order chi connectivity index (χ1) is 6.70. The van der Waals surface area contributed by atoms with Gasteiger partial charge in [0, 0.05) is 18.4 Å². The minimum absolute atomic E-state index is 0.202. The fraction of sp³-hybridized carbons (Fsp3) is 0.600. The van der Waals surface area contributed by atoms with Crippen molar-refractivity contribution >= 4 is 11.9 Å². The summed E-state index contributed by atoms with van der Waals surface area (Å²) in [5.74, 6) is -0.985. The maximum Gasteiger partial charge on any atom is 0.333 e. The van der Waals surface area contributed by atoms with Crippen LogP contribution in [0, 0.1) is 0 Å². The number of allylic oxidation sites excluding steroid dienone is 1. The van der Waals surface area contributed by atoms with Gasteiger partial charge >= 0.3 is 11.9 Å². The summed E-state index contributed by atoms with van der Waals surface area (Å²) < 4.78 is 4.76. The number of rotatable bonds is 5. The molecule has 0 aromatic heterocycles. The molecule has 1 rings (SSSR count). The first-order valence-electron chi connectivity index (χ1n) is 4.78. The number of carbonyl (C=O) groups excluding carboxylic acids is 1. The SMILES string of the molecule is O=C(O)CCCC/C=C1\CCOC1=O. The van der Waals surface area contributed by atoms with Crippen LogP contribution in [0.15, 0.2) is 11.6 Å². The molecule has 1 aliphatic heterocycles. The molecule has 0 spiro atoms. The predicted molar refractivity (Wildman–Crippen MR) is 49.8 cm³/mol. The van der Waals surface area contributed by atoms with Crippen LogP contribution in [0.4, 0.5) is 0 Å². The highest BCUT2D eigenvalue weighted by atomic mass is 16.5. The van der Waals surface area contributed by atoms with Gasteiger partial charge in [-0.05, 0) is 19.3 Å². The second kappa shape index (κ2) is 5.42. The van der Waals surface area contributed by atoms with Crippen molar-refractivity contribution in [2.75, 3.05) is 6.61 Å². The van der Waals surface area contributed by atoms with Gasteiger partial charge in [-0.3, -0.25) is 4.79 Å². The topological polar surface area (TPSA) is 63.6 Å². The van der Waals surface area contributed by atoms with E-state index in [4.69, 9.17) is 9.84 Å². The van der Waals surface area contributed by atoms with E-state index in [1.54, 1.807) is 0 Å². The molecule has 0 aromatic carbocycles. The number of cyclic esters (lactones) is 1. The number of ether oxygens (including phenoxy) is 1. The van der Waals surface area contributed by atoms with Gasteiger partial charge in [-0.1, -0.05) is 6.08 Å². The molecule has 0 aliphatic carbocycles. The highest BCUT2D eigenvalue weighted by Gasteiger charge is 2.17. The van der Waals surface area contributed by atoms with Crippen molar-refractivity contribution in [1.29, 1.82) is 0 Å². The number of hydrogen-bond acceptors (Lipinski definition) is 3. The number of carboxylic acid groups (broad SMARTS) is 1. The number of aliphatic carboxylic acids is 1. The lowest BCUT2D eigenvalue weighted by molar-refractivity contribution is -0.137. The second-order valence-corrected chi connectivity index (χ2v) is 3.25. The van der Waals surface area contributed by atoms with E-state index in [-0.39, 0.29) is 12.4 Å². The van der Waals surface area contributed by atoms with Crippen LogP contribution in [-0.4, -0.2) is 23.7 Å². The first-order valence-corrected chi connectivity index (χ1v) is 4.78. The lowest BCUT2D eigenvalue weighted by atomic mass is 10.1. The summed E-state index contributed by atoms with van der Waals surface area (Å²) in [6, 6.07) is 0. The van der Waals surface area contributed by atoms with E-state index < -0.39 is 5.97 Å². The fourth-order valence-corrected chi connectivity index (χ4v) is 1.33. The Kier molecular flexibility index (Phi) is 4.16. The molecule has 0 aromatic rings. The number of unbranched alkanes of at least 4 members (excludes halogenated alkanes) is 2. The van der Waals surface area contributed by atoms with Crippen molar-refractivity contribution in [2.24, 2.45) is 0 Å². The van der Waals surface area contributed by atoms with Crippen molar-refractivity contribution in [3.8, 4) is 0 Å². The van der Waals surface area contributed by atoms with Gasteiger partial charge < -0.3 is 9.84 Å². The molecule has 4 heteroatoms. The third kappa shape index (κ3) is 3.60. The van der Waals surface area contributed by atoms with Crippen LogP contribution in [-0.2, 0) is 14.3 Å². The van der Waals surface area contributed by atoms with Gasteiger partial charge in [-0.25, -0.2) is 4.79 Å². The summed E-state index contributed by atoms with van der Waals surface area (Å²) in [6.07, 6.45) is 4.98. The molecule has 0 saturated carbocycles. The van der Waals surface area contributed by atoms with Crippen LogP contribution in [0.25, 0.3) is 0 Å². The Balaban J connectivity index is 2.13. The maximum absolute atomic E-state index is 11.0. The fourth-order valence-electron chi connectivity index (χ4n) is 1.33. The highest BCUT2D eigenvalue weighted by Crippen LogP contribution is 2.14. The lowest BCUT2D eigenvalue weighted by Gasteiger charge is -1.94. The molecule has 0 unspecified atom stereocenters. The van der Waals surface area contributed by atoms with Crippen LogP contribution in [0.5, 0.6) is 0 Å². The van der Waals surface area contributed by atoms with E-state index in [1.807, 2.05) is 6.08 Å². The molecule has 1 saturated heterocycles. The van der Waals surface area contributed by atoms with Crippen molar-refractivity contribution in [1.82, 2.24) is 0 Å². The summed E-state index contributed by atoms with van der Waals surface area (Å²) in [5.41, 5.74) is 0.736. The van der Waals surface area contributed by atoms with Crippen LogP contribution in [0.1, 0.15) is 32.1 Å². The molecule has 1 fully saturated rings. The second-order valence-electron chi connectivity index (χ2n) is 3.25. The predicted octanol–water partition coefficient (Wildman–Crippen LogP) is 1.50. The average molecular weight is 198 g/mol. The average Bonchev–Trinajstić information content (AvgIpc) is 2.51. The third-order valence-corrected chi connectivity index (χ3v) is 2.10. The third-order valence-electron chi connectivity index (χ3n) is 2.10. The summed E-state index contributed by atoms with van der Waals surface area (Å²) in [5, 5.41) is 8.38. The Hall–Kier alpha value is -1.32. The Bertz CT molecular complexity index is 255. The van der Waals surface area contributed by atoms with Crippen molar-refractivity contribution in [3.63, 3.8) is 0 Å². The van der Waals surface area contributed by atoms with E-state index in [9.17, 15) is 9.59 Å². The van der Waals surface area contributed by atoms with Gasteiger partial charge in [0.1, 0.15) is 0 Å². The summed E-state index contributed by atoms with van der Waals surface area (Å²) in [7, 11) is 0. The summed E-state index contributed by atoms with van der Waals surface area (Å²) in [6.45, 7) is 0.486. The largest absolute Gasteiger partial charge is 0.481 e. The van der Waals surface area contributed by atoms with Gasteiger partial charge in [-0.15, -0.1) is 0 Å².